The summed E-state index contributed by atoms with van der Waals surface area (Å²) in [7, 11) is 3.05. The first-order valence-corrected chi connectivity index (χ1v) is 7.88. The summed E-state index contributed by atoms with van der Waals surface area (Å²) in [4.78, 5) is 12.3. The Balaban J connectivity index is 2.08. The number of amides is 1. The molecule has 2 aromatic carbocycles. The van der Waals surface area contributed by atoms with E-state index in [1.165, 1.54) is 32.4 Å². The number of rotatable bonds is 6. The Morgan fingerprint density at radius 1 is 1.12 bits per heavy atom. The van der Waals surface area contributed by atoms with Gasteiger partial charge in [0.1, 0.15) is 23.1 Å². The van der Waals surface area contributed by atoms with Gasteiger partial charge >= 0.3 is 0 Å². The van der Waals surface area contributed by atoms with Gasteiger partial charge in [-0.3, -0.25) is 4.79 Å². The van der Waals surface area contributed by atoms with Gasteiger partial charge in [-0.1, -0.05) is 0 Å². The van der Waals surface area contributed by atoms with Crippen LogP contribution in [0.25, 0.3) is 0 Å². The van der Waals surface area contributed by atoms with E-state index in [1.54, 1.807) is 25.1 Å². The van der Waals surface area contributed by atoms with E-state index in [1.807, 2.05) is 0 Å². The van der Waals surface area contributed by atoms with E-state index < -0.39 is 11.9 Å². The van der Waals surface area contributed by atoms with Crippen LogP contribution in [0.1, 0.15) is 6.92 Å². The molecule has 0 saturated heterocycles. The third-order valence-electron chi connectivity index (χ3n) is 3.19. The fourth-order valence-corrected chi connectivity index (χ4v) is 2.38. The fourth-order valence-electron chi connectivity index (χ4n) is 1.94. The minimum Gasteiger partial charge on any atom is -0.497 e. The Kier molecular flexibility index (Phi) is 6.03. The second-order valence-electron chi connectivity index (χ2n) is 4.93. The van der Waals surface area contributed by atoms with Crippen LogP contribution in [0.5, 0.6) is 17.2 Å². The number of nitrogens with one attached hydrogen (secondary N) is 1. The molecule has 0 saturated carbocycles. The van der Waals surface area contributed by atoms with Gasteiger partial charge in [-0.25, -0.2) is 4.39 Å². The van der Waals surface area contributed by atoms with Crippen molar-refractivity contribution in [2.24, 2.45) is 0 Å². The Morgan fingerprint density at radius 3 is 2.29 bits per heavy atom. The third kappa shape index (κ3) is 4.61. The van der Waals surface area contributed by atoms with E-state index in [-0.39, 0.29) is 5.91 Å². The summed E-state index contributed by atoms with van der Waals surface area (Å²) in [6.07, 6.45) is -0.788. The standard InChI is InChI=1S/C17H17BrFNO4/c1-10(24-16-5-4-11(19)6-15(16)18)17(21)20-12-7-13(22-2)9-14(8-12)23-3/h4-10H,1-3H3,(H,20,21)/t10-/m1/s1. The number of ether oxygens (including phenoxy) is 3. The van der Waals surface area contributed by atoms with E-state index in [4.69, 9.17) is 14.2 Å². The molecule has 0 spiro atoms. The smallest absolute Gasteiger partial charge is 0.265 e. The van der Waals surface area contributed by atoms with Crippen molar-refractivity contribution in [1.29, 1.82) is 0 Å². The summed E-state index contributed by atoms with van der Waals surface area (Å²) in [5, 5.41) is 2.73. The predicted molar refractivity (Wildman–Crippen MR) is 92.4 cm³/mol. The van der Waals surface area contributed by atoms with Gasteiger partial charge in [-0.05, 0) is 41.1 Å². The summed E-state index contributed by atoms with van der Waals surface area (Å²) in [5.41, 5.74) is 0.518. The molecule has 0 bridgehead atoms. The van der Waals surface area contributed by atoms with Gasteiger partial charge in [-0.2, -0.15) is 0 Å². The first-order chi connectivity index (χ1) is 11.4. The van der Waals surface area contributed by atoms with Crippen LogP contribution in [0.4, 0.5) is 10.1 Å². The molecular weight excluding hydrogens is 381 g/mol. The molecule has 0 aliphatic heterocycles. The fraction of sp³-hybridized carbons (Fsp3) is 0.235. The van der Waals surface area contributed by atoms with Crippen molar-refractivity contribution in [2.45, 2.75) is 13.0 Å². The number of carbonyl (C=O) groups excluding carboxylic acids is 1. The molecule has 5 nitrogen and oxygen atoms in total. The van der Waals surface area contributed by atoms with Gasteiger partial charge in [0.2, 0.25) is 0 Å². The molecule has 1 atom stereocenters. The largest absolute Gasteiger partial charge is 0.497 e. The van der Waals surface area contributed by atoms with Crippen LogP contribution in [-0.2, 0) is 4.79 Å². The zero-order chi connectivity index (χ0) is 17.7. The summed E-state index contributed by atoms with van der Waals surface area (Å²) in [6, 6.07) is 9.02. The Morgan fingerprint density at radius 2 is 1.75 bits per heavy atom. The van der Waals surface area contributed by atoms with Crippen LogP contribution in [-0.4, -0.2) is 26.2 Å². The van der Waals surface area contributed by atoms with Gasteiger partial charge in [-0.15, -0.1) is 0 Å². The van der Waals surface area contributed by atoms with E-state index in [0.717, 1.165) is 0 Å². The Hall–Kier alpha value is -2.28. The van der Waals surface area contributed by atoms with E-state index in [9.17, 15) is 9.18 Å². The number of methoxy groups -OCH3 is 2. The first kappa shape index (κ1) is 18.1. The highest BCUT2D eigenvalue weighted by atomic mass is 79.9. The highest BCUT2D eigenvalue weighted by Gasteiger charge is 2.17. The molecule has 0 aromatic heterocycles. The topological polar surface area (TPSA) is 56.8 Å². The number of carbonyl (C=O) groups is 1. The summed E-state index contributed by atoms with van der Waals surface area (Å²) in [6.45, 7) is 1.60. The van der Waals surface area contributed by atoms with Gasteiger partial charge in [0.15, 0.2) is 6.10 Å². The lowest BCUT2D eigenvalue weighted by molar-refractivity contribution is -0.122. The molecule has 2 aromatic rings. The van der Waals surface area contributed by atoms with Gasteiger partial charge in [0.25, 0.3) is 5.91 Å². The molecule has 24 heavy (non-hydrogen) atoms. The number of benzene rings is 2. The normalized spacial score (nSPS) is 11.5. The van der Waals surface area contributed by atoms with Gasteiger partial charge < -0.3 is 19.5 Å². The summed E-state index contributed by atoms with van der Waals surface area (Å²) >= 11 is 3.20. The van der Waals surface area contributed by atoms with Crippen LogP contribution in [0, 0.1) is 5.82 Å². The average Bonchev–Trinajstić information content (AvgIpc) is 2.56. The van der Waals surface area contributed by atoms with Crippen LogP contribution in [0.2, 0.25) is 0 Å². The zero-order valence-electron chi connectivity index (χ0n) is 13.4. The van der Waals surface area contributed by atoms with Crippen molar-refractivity contribution < 1.29 is 23.4 Å². The third-order valence-corrected chi connectivity index (χ3v) is 3.81. The van der Waals surface area contributed by atoms with Crippen molar-refractivity contribution in [3.8, 4) is 17.2 Å². The second kappa shape index (κ2) is 8.01. The average molecular weight is 398 g/mol. The number of halogens is 2. The highest BCUT2D eigenvalue weighted by Crippen LogP contribution is 2.28. The minimum absolute atomic E-state index is 0.360. The maximum Gasteiger partial charge on any atom is 0.265 e. The van der Waals surface area contributed by atoms with E-state index in [2.05, 4.69) is 21.2 Å². The van der Waals surface area contributed by atoms with Crippen molar-refractivity contribution in [1.82, 2.24) is 0 Å². The lowest BCUT2D eigenvalue weighted by Gasteiger charge is -2.16. The molecule has 7 heteroatoms. The van der Waals surface area contributed by atoms with Crippen LogP contribution in [0.3, 0.4) is 0 Å². The van der Waals surface area contributed by atoms with Crippen molar-refractivity contribution in [3.05, 3.63) is 46.7 Å². The number of anilines is 1. The Labute approximate surface area is 147 Å². The Bertz CT molecular complexity index is 716. The molecule has 0 unspecified atom stereocenters. The summed E-state index contributed by atoms with van der Waals surface area (Å²) < 4.78 is 29.4. The molecule has 0 aliphatic rings. The van der Waals surface area contributed by atoms with E-state index >= 15 is 0 Å². The zero-order valence-corrected chi connectivity index (χ0v) is 15.0. The number of hydrogen-bond acceptors (Lipinski definition) is 4. The maximum absolute atomic E-state index is 13.1. The monoisotopic (exact) mass is 397 g/mol. The maximum atomic E-state index is 13.1. The quantitative estimate of drug-likeness (QED) is 0.799. The van der Waals surface area contributed by atoms with Crippen LogP contribution in [0.15, 0.2) is 40.9 Å². The van der Waals surface area contributed by atoms with Crippen molar-refractivity contribution >= 4 is 27.5 Å². The first-order valence-electron chi connectivity index (χ1n) is 7.08. The minimum atomic E-state index is -0.788. The molecule has 0 radical (unpaired) electrons. The summed E-state index contributed by atoms with van der Waals surface area (Å²) in [5.74, 6) is 0.734. The lowest BCUT2D eigenvalue weighted by atomic mass is 10.2. The molecule has 0 fully saturated rings. The molecule has 128 valence electrons. The predicted octanol–water partition coefficient (Wildman–Crippen LogP) is 4.01. The molecule has 1 amide bonds. The van der Waals surface area contributed by atoms with Crippen LogP contribution >= 0.6 is 15.9 Å². The van der Waals surface area contributed by atoms with Crippen molar-refractivity contribution in [3.63, 3.8) is 0 Å². The molecular formula is C17H17BrFNO4. The SMILES string of the molecule is COc1cc(NC(=O)[C@@H](C)Oc2ccc(F)cc2Br)cc(OC)c1. The lowest BCUT2D eigenvalue weighted by Crippen LogP contribution is -2.30. The van der Waals surface area contributed by atoms with Crippen molar-refractivity contribution in [2.75, 3.05) is 19.5 Å². The number of hydrogen-bond donors (Lipinski definition) is 1. The van der Waals surface area contributed by atoms with E-state index in [0.29, 0.717) is 27.4 Å². The molecule has 0 heterocycles. The molecule has 2 rings (SSSR count). The van der Waals surface area contributed by atoms with Gasteiger partial charge in [0.05, 0.1) is 18.7 Å². The molecule has 0 aliphatic carbocycles. The molecule has 1 N–H and O–H groups in total. The highest BCUT2D eigenvalue weighted by molar-refractivity contribution is 9.10. The second-order valence-corrected chi connectivity index (χ2v) is 5.78. The van der Waals surface area contributed by atoms with Gasteiger partial charge in [0, 0.05) is 23.9 Å². The van der Waals surface area contributed by atoms with Crippen LogP contribution < -0.4 is 19.5 Å².